The molecule has 0 amide bonds. The molecule has 0 spiro atoms. The molecule has 1 aromatic heterocycles. The van der Waals surface area contributed by atoms with E-state index in [0.717, 1.165) is 16.4 Å². The van der Waals surface area contributed by atoms with Gasteiger partial charge in [0.1, 0.15) is 5.75 Å². The van der Waals surface area contributed by atoms with Gasteiger partial charge < -0.3 is 10.1 Å². The summed E-state index contributed by atoms with van der Waals surface area (Å²) in [5.41, 5.74) is 1.10. The third-order valence-corrected chi connectivity index (χ3v) is 3.70. The Morgan fingerprint density at radius 2 is 2.05 bits per heavy atom. The number of halogens is 3. The summed E-state index contributed by atoms with van der Waals surface area (Å²) in [4.78, 5) is 0.773. The number of rotatable bonds is 5. The molecule has 0 saturated carbocycles. The fourth-order valence-corrected chi connectivity index (χ4v) is 2.73. The van der Waals surface area contributed by atoms with Crippen molar-refractivity contribution in [3.8, 4) is 5.75 Å². The van der Waals surface area contributed by atoms with Crippen LogP contribution in [0.5, 0.6) is 5.75 Å². The normalized spacial score (nSPS) is 13.2. The monoisotopic (exact) mass is 317 g/mol. The maximum Gasteiger partial charge on any atom is 0.573 e. The first-order valence-electron chi connectivity index (χ1n) is 6.29. The summed E-state index contributed by atoms with van der Waals surface area (Å²) in [6, 6.07) is 5.65. The lowest BCUT2D eigenvalue weighted by Gasteiger charge is -2.21. The minimum atomic E-state index is -4.73. The lowest BCUT2D eigenvalue weighted by molar-refractivity contribution is -0.275. The summed E-state index contributed by atoms with van der Waals surface area (Å²) in [6.07, 6.45) is -4.73. The Kier molecular flexibility index (Phi) is 4.79. The van der Waals surface area contributed by atoms with Crippen LogP contribution in [0.2, 0.25) is 0 Å². The fourth-order valence-electron chi connectivity index (χ4n) is 1.99. The largest absolute Gasteiger partial charge is 0.573 e. The van der Waals surface area contributed by atoms with Crippen LogP contribution in [0.1, 0.15) is 29.1 Å². The van der Waals surface area contributed by atoms with Crippen LogP contribution < -0.4 is 10.1 Å². The predicted octanol–water partition coefficient (Wildman–Crippen LogP) is 3.44. The Morgan fingerprint density at radius 1 is 1.33 bits per heavy atom. The molecular weight excluding hydrogens is 303 g/mol. The smallest absolute Gasteiger partial charge is 0.405 e. The van der Waals surface area contributed by atoms with Crippen LogP contribution in [0.15, 0.2) is 24.3 Å². The highest BCUT2D eigenvalue weighted by molar-refractivity contribution is 7.05. The summed E-state index contributed by atoms with van der Waals surface area (Å²) < 4.78 is 45.5. The summed E-state index contributed by atoms with van der Waals surface area (Å²) in [6.45, 7) is 4.24. The number of aryl methyl sites for hydroxylation is 1. The van der Waals surface area contributed by atoms with E-state index in [0.29, 0.717) is 17.8 Å². The lowest BCUT2D eigenvalue weighted by Crippen LogP contribution is -2.24. The number of ether oxygens (including phenoxy) is 1. The van der Waals surface area contributed by atoms with Gasteiger partial charge >= 0.3 is 6.36 Å². The Morgan fingerprint density at radius 3 is 2.62 bits per heavy atom. The highest BCUT2D eigenvalue weighted by Crippen LogP contribution is 2.35. The molecule has 1 unspecified atom stereocenters. The first-order valence-corrected chi connectivity index (χ1v) is 7.06. The third-order valence-electron chi connectivity index (χ3n) is 2.81. The number of aromatic nitrogens is 2. The van der Waals surface area contributed by atoms with Crippen LogP contribution in [-0.4, -0.2) is 22.5 Å². The van der Waals surface area contributed by atoms with Crippen LogP contribution in [0, 0.1) is 6.92 Å². The molecule has 1 heterocycles. The maximum absolute atomic E-state index is 12.5. The summed E-state index contributed by atoms with van der Waals surface area (Å²) in [7, 11) is 0. The number of hydrogen-bond donors (Lipinski definition) is 1. The standard InChI is InChI=1S/C13H14F3N3OS/c1-3-17-11(12-8(2)18-19-21-12)9-6-4-5-7-10(9)20-13(14,15)16/h4-7,11,17H,3H2,1-2H3. The zero-order chi connectivity index (χ0) is 15.5. The molecule has 0 radical (unpaired) electrons. The first-order chi connectivity index (χ1) is 9.92. The Balaban J connectivity index is 2.44. The summed E-state index contributed by atoms with van der Waals surface area (Å²) >= 11 is 1.16. The van der Waals surface area contributed by atoms with Gasteiger partial charge in [0.2, 0.25) is 0 Å². The van der Waals surface area contributed by atoms with Gasteiger partial charge in [-0.05, 0) is 31.1 Å². The quantitative estimate of drug-likeness (QED) is 0.917. The number of nitrogens with zero attached hydrogens (tertiary/aromatic N) is 2. The van der Waals surface area contributed by atoms with Gasteiger partial charge in [0.15, 0.2) is 0 Å². The average Bonchev–Trinajstić information content (AvgIpc) is 2.81. The van der Waals surface area contributed by atoms with Gasteiger partial charge in [0.05, 0.1) is 16.6 Å². The van der Waals surface area contributed by atoms with Crippen molar-refractivity contribution in [3.05, 3.63) is 40.4 Å². The fraction of sp³-hybridized carbons (Fsp3) is 0.385. The van der Waals surface area contributed by atoms with Crippen LogP contribution in [-0.2, 0) is 0 Å². The second-order valence-corrected chi connectivity index (χ2v) is 5.08. The van der Waals surface area contributed by atoms with Crippen molar-refractivity contribution in [2.75, 3.05) is 6.54 Å². The van der Waals surface area contributed by atoms with Gasteiger partial charge in [-0.25, -0.2) is 0 Å². The number of alkyl halides is 3. The molecule has 1 N–H and O–H groups in total. The van der Waals surface area contributed by atoms with Crippen molar-refractivity contribution in [1.82, 2.24) is 14.9 Å². The van der Waals surface area contributed by atoms with Crippen molar-refractivity contribution in [2.24, 2.45) is 0 Å². The third kappa shape index (κ3) is 3.92. The number of hydrogen-bond acceptors (Lipinski definition) is 5. The molecule has 8 heteroatoms. The van der Waals surface area contributed by atoms with Crippen molar-refractivity contribution in [3.63, 3.8) is 0 Å². The lowest BCUT2D eigenvalue weighted by atomic mass is 10.0. The van der Waals surface area contributed by atoms with Gasteiger partial charge in [-0.3, -0.25) is 0 Å². The van der Waals surface area contributed by atoms with E-state index in [2.05, 4.69) is 19.6 Å². The molecule has 0 aliphatic rings. The van der Waals surface area contributed by atoms with E-state index in [1.165, 1.54) is 12.1 Å². The summed E-state index contributed by atoms with van der Waals surface area (Å²) in [5.74, 6) is -0.219. The molecule has 21 heavy (non-hydrogen) atoms. The minimum Gasteiger partial charge on any atom is -0.405 e. The second kappa shape index (κ2) is 6.40. The molecule has 114 valence electrons. The summed E-state index contributed by atoms with van der Waals surface area (Å²) in [5, 5.41) is 7.07. The first kappa shape index (κ1) is 15.7. The Labute approximate surface area is 124 Å². The minimum absolute atomic E-state index is 0.219. The molecule has 1 atom stereocenters. The van der Waals surface area contributed by atoms with E-state index in [1.54, 1.807) is 19.1 Å². The Hall–Kier alpha value is -1.67. The van der Waals surface area contributed by atoms with E-state index in [-0.39, 0.29) is 5.75 Å². The molecule has 0 fully saturated rings. The van der Waals surface area contributed by atoms with Crippen molar-refractivity contribution >= 4 is 11.5 Å². The predicted molar refractivity (Wildman–Crippen MR) is 73.3 cm³/mol. The molecule has 2 aromatic rings. The molecule has 0 aliphatic heterocycles. The van der Waals surface area contributed by atoms with Crippen LogP contribution in [0.25, 0.3) is 0 Å². The van der Waals surface area contributed by atoms with Crippen molar-refractivity contribution in [1.29, 1.82) is 0 Å². The van der Waals surface area contributed by atoms with Crippen LogP contribution in [0.3, 0.4) is 0 Å². The topological polar surface area (TPSA) is 47.0 Å². The van der Waals surface area contributed by atoms with E-state index in [9.17, 15) is 13.2 Å². The van der Waals surface area contributed by atoms with E-state index in [1.807, 2.05) is 6.92 Å². The zero-order valence-electron chi connectivity index (χ0n) is 11.4. The van der Waals surface area contributed by atoms with Crippen LogP contribution in [0.4, 0.5) is 13.2 Å². The van der Waals surface area contributed by atoms with Crippen LogP contribution >= 0.6 is 11.5 Å². The van der Waals surface area contributed by atoms with Crippen molar-refractivity contribution < 1.29 is 17.9 Å². The van der Waals surface area contributed by atoms with E-state index in [4.69, 9.17) is 0 Å². The second-order valence-electron chi connectivity index (χ2n) is 4.30. The number of nitrogens with one attached hydrogen (secondary N) is 1. The van der Waals surface area contributed by atoms with E-state index >= 15 is 0 Å². The molecule has 4 nitrogen and oxygen atoms in total. The van der Waals surface area contributed by atoms with Gasteiger partial charge in [0.25, 0.3) is 0 Å². The average molecular weight is 317 g/mol. The molecular formula is C13H14F3N3OS. The highest BCUT2D eigenvalue weighted by Gasteiger charge is 2.33. The van der Waals surface area contributed by atoms with Gasteiger partial charge in [-0.2, -0.15) is 0 Å². The SMILES string of the molecule is CCNC(c1ccccc1OC(F)(F)F)c1snnc1C. The maximum atomic E-state index is 12.5. The van der Waals surface area contributed by atoms with Crippen molar-refractivity contribution in [2.45, 2.75) is 26.3 Å². The molecule has 1 aromatic carbocycles. The molecule has 0 saturated heterocycles. The van der Waals surface area contributed by atoms with Gasteiger partial charge in [-0.1, -0.05) is 29.6 Å². The van der Waals surface area contributed by atoms with Gasteiger partial charge in [-0.15, -0.1) is 18.3 Å². The Bertz CT molecular complexity index is 600. The van der Waals surface area contributed by atoms with Gasteiger partial charge in [0, 0.05) is 5.56 Å². The molecule has 0 aliphatic carbocycles. The zero-order valence-corrected chi connectivity index (χ0v) is 12.3. The molecule has 0 bridgehead atoms. The van der Waals surface area contributed by atoms with E-state index < -0.39 is 12.4 Å². The number of benzene rings is 1. The molecule has 2 rings (SSSR count). The highest BCUT2D eigenvalue weighted by atomic mass is 32.1. The number of para-hydroxylation sites is 1.